The van der Waals surface area contributed by atoms with Crippen molar-refractivity contribution in [2.24, 2.45) is 10.9 Å². The van der Waals surface area contributed by atoms with E-state index >= 15 is 0 Å². The van der Waals surface area contributed by atoms with Gasteiger partial charge in [-0.1, -0.05) is 37.3 Å². The van der Waals surface area contributed by atoms with E-state index in [4.69, 9.17) is 0 Å². The molecule has 0 amide bonds. The number of hydrogen-bond donors (Lipinski definition) is 2. The van der Waals surface area contributed by atoms with Crippen LogP contribution in [-0.2, 0) is 0 Å². The zero-order valence-electron chi connectivity index (χ0n) is 14.6. The molecule has 2 atom stereocenters. The van der Waals surface area contributed by atoms with Crippen molar-refractivity contribution in [3.8, 4) is 0 Å². The van der Waals surface area contributed by atoms with Crippen molar-refractivity contribution in [3.05, 3.63) is 35.9 Å². The van der Waals surface area contributed by atoms with Gasteiger partial charge in [0.25, 0.3) is 0 Å². The molecule has 1 aliphatic rings. The standard InChI is InChI=1S/C18H30N4.HI/c1-4-11-22-12-10-16(14-22)13-20-18(19-3)21-15(2)17-8-6-5-7-9-17;/h5-9,15-16H,4,10-14H2,1-3H3,(H2,19,20,21);1H. The van der Waals surface area contributed by atoms with Gasteiger partial charge in [0.05, 0.1) is 6.04 Å². The first kappa shape index (κ1) is 20.2. The van der Waals surface area contributed by atoms with Crippen LogP contribution < -0.4 is 10.6 Å². The molecule has 0 bridgehead atoms. The smallest absolute Gasteiger partial charge is 0.191 e. The summed E-state index contributed by atoms with van der Waals surface area (Å²) in [5.74, 6) is 1.63. The Morgan fingerprint density at radius 1 is 1.35 bits per heavy atom. The Bertz CT molecular complexity index is 463. The minimum atomic E-state index is 0. The van der Waals surface area contributed by atoms with Crippen molar-refractivity contribution < 1.29 is 0 Å². The van der Waals surface area contributed by atoms with Crippen molar-refractivity contribution in [2.45, 2.75) is 32.7 Å². The van der Waals surface area contributed by atoms with Gasteiger partial charge in [-0.05, 0) is 44.3 Å². The third kappa shape index (κ3) is 6.67. The lowest BCUT2D eigenvalue weighted by atomic mass is 10.1. The Labute approximate surface area is 158 Å². The Kier molecular flexibility index (Phi) is 9.55. The molecular formula is C18H31IN4. The highest BCUT2D eigenvalue weighted by molar-refractivity contribution is 14.0. The molecule has 1 heterocycles. The first-order chi connectivity index (χ1) is 10.7. The summed E-state index contributed by atoms with van der Waals surface area (Å²) in [7, 11) is 1.84. The van der Waals surface area contributed by atoms with E-state index in [2.05, 4.69) is 58.6 Å². The van der Waals surface area contributed by atoms with Gasteiger partial charge in [0.15, 0.2) is 5.96 Å². The van der Waals surface area contributed by atoms with Crippen molar-refractivity contribution in [1.82, 2.24) is 15.5 Å². The SMILES string of the molecule is CCCN1CCC(CNC(=NC)NC(C)c2ccccc2)C1.I. The number of benzene rings is 1. The molecule has 5 heteroatoms. The van der Waals surface area contributed by atoms with Gasteiger partial charge in [0.2, 0.25) is 0 Å². The van der Waals surface area contributed by atoms with Crippen molar-refractivity contribution >= 4 is 29.9 Å². The Balaban J connectivity index is 0.00000264. The van der Waals surface area contributed by atoms with E-state index in [9.17, 15) is 0 Å². The van der Waals surface area contributed by atoms with E-state index in [1.54, 1.807) is 0 Å². The van der Waals surface area contributed by atoms with E-state index in [0.29, 0.717) is 0 Å². The number of nitrogens with zero attached hydrogens (tertiary/aromatic N) is 2. The third-order valence-corrected chi connectivity index (χ3v) is 4.34. The zero-order valence-corrected chi connectivity index (χ0v) is 16.9. The van der Waals surface area contributed by atoms with E-state index in [0.717, 1.165) is 18.4 Å². The minimum Gasteiger partial charge on any atom is -0.356 e. The molecule has 4 nitrogen and oxygen atoms in total. The predicted octanol–water partition coefficient (Wildman–Crippen LogP) is 3.26. The quantitative estimate of drug-likeness (QED) is 0.414. The van der Waals surface area contributed by atoms with Gasteiger partial charge in [-0.2, -0.15) is 0 Å². The average Bonchev–Trinajstić information content (AvgIpc) is 3.00. The maximum atomic E-state index is 4.35. The molecule has 1 aliphatic heterocycles. The van der Waals surface area contributed by atoms with Crippen molar-refractivity contribution in [2.75, 3.05) is 33.2 Å². The number of hydrogen-bond acceptors (Lipinski definition) is 2. The fourth-order valence-corrected chi connectivity index (χ4v) is 3.06. The van der Waals surface area contributed by atoms with E-state index < -0.39 is 0 Å². The number of aliphatic imine (C=N–C) groups is 1. The molecule has 0 saturated carbocycles. The maximum Gasteiger partial charge on any atom is 0.191 e. The molecule has 130 valence electrons. The van der Waals surface area contributed by atoms with Gasteiger partial charge in [-0.3, -0.25) is 4.99 Å². The van der Waals surface area contributed by atoms with Crippen molar-refractivity contribution in [3.63, 3.8) is 0 Å². The number of rotatable bonds is 6. The van der Waals surface area contributed by atoms with Crippen LogP contribution >= 0.6 is 24.0 Å². The largest absolute Gasteiger partial charge is 0.356 e. The average molecular weight is 430 g/mol. The summed E-state index contributed by atoms with van der Waals surface area (Å²) in [6.45, 7) is 9.11. The summed E-state index contributed by atoms with van der Waals surface area (Å²) in [5.41, 5.74) is 1.28. The second-order valence-corrected chi connectivity index (χ2v) is 6.19. The molecule has 1 saturated heterocycles. The van der Waals surface area contributed by atoms with Crippen LogP contribution in [0.2, 0.25) is 0 Å². The van der Waals surface area contributed by atoms with E-state index in [1.807, 2.05) is 13.1 Å². The molecule has 2 unspecified atom stereocenters. The molecule has 1 aromatic carbocycles. The van der Waals surface area contributed by atoms with Crippen LogP contribution in [-0.4, -0.2) is 44.1 Å². The molecule has 23 heavy (non-hydrogen) atoms. The molecule has 0 spiro atoms. The summed E-state index contributed by atoms with van der Waals surface area (Å²) < 4.78 is 0. The lowest BCUT2D eigenvalue weighted by molar-refractivity contribution is 0.324. The Morgan fingerprint density at radius 3 is 2.74 bits per heavy atom. The summed E-state index contributed by atoms with van der Waals surface area (Å²) in [6, 6.07) is 10.7. The number of likely N-dealkylation sites (tertiary alicyclic amines) is 1. The van der Waals surface area contributed by atoms with Gasteiger partial charge in [-0.15, -0.1) is 24.0 Å². The molecule has 0 aliphatic carbocycles. The van der Waals surface area contributed by atoms with Crippen LogP contribution in [0, 0.1) is 5.92 Å². The van der Waals surface area contributed by atoms with Crippen LogP contribution in [0.25, 0.3) is 0 Å². The molecule has 0 aromatic heterocycles. The van der Waals surface area contributed by atoms with Crippen molar-refractivity contribution in [1.29, 1.82) is 0 Å². The Morgan fingerprint density at radius 2 is 2.09 bits per heavy atom. The second kappa shape index (κ2) is 10.9. The maximum absolute atomic E-state index is 4.35. The third-order valence-electron chi connectivity index (χ3n) is 4.34. The molecular weight excluding hydrogens is 399 g/mol. The van der Waals surface area contributed by atoms with Crippen LogP contribution in [0.4, 0.5) is 0 Å². The zero-order chi connectivity index (χ0) is 15.8. The highest BCUT2D eigenvalue weighted by Crippen LogP contribution is 2.15. The fourth-order valence-electron chi connectivity index (χ4n) is 3.06. The number of nitrogens with one attached hydrogen (secondary N) is 2. The van der Waals surface area contributed by atoms with Gasteiger partial charge in [0.1, 0.15) is 0 Å². The van der Waals surface area contributed by atoms with E-state index in [1.165, 1.54) is 38.0 Å². The first-order valence-electron chi connectivity index (χ1n) is 8.47. The van der Waals surface area contributed by atoms with Crippen LogP contribution in [0.15, 0.2) is 35.3 Å². The number of guanidine groups is 1. The lowest BCUT2D eigenvalue weighted by Crippen LogP contribution is -2.41. The predicted molar refractivity (Wildman–Crippen MR) is 110 cm³/mol. The number of halogens is 1. The van der Waals surface area contributed by atoms with Crippen LogP contribution in [0.5, 0.6) is 0 Å². The molecule has 1 fully saturated rings. The molecule has 0 radical (unpaired) electrons. The second-order valence-electron chi connectivity index (χ2n) is 6.19. The molecule has 2 rings (SSSR count). The fraction of sp³-hybridized carbons (Fsp3) is 0.611. The van der Waals surface area contributed by atoms with Gasteiger partial charge >= 0.3 is 0 Å². The normalized spacial score (nSPS) is 20.0. The topological polar surface area (TPSA) is 39.7 Å². The highest BCUT2D eigenvalue weighted by Gasteiger charge is 2.21. The summed E-state index contributed by atoms with van der Waals surface area (Å²) >= 11 is 0. The molecule has 2 N–H and O–H groups in total. The van der Waals surface area contributed by atoms with Gasteiger partial charge in [-0.25, -0.2) is 0 Å². The summed E-state index contributed by atoms with van der Waals surface area (Å²) in [6.07, 6.45) is 2.54. The Hall–Kier alpha value is -0.820. The van der Waals surface area contributed by atoms with E-state index in [-0.39, 0.29) is 30.0 Å². The molecule has 1 aromatic rings. The van der Waals surface area contributed by atoms with Crippen LogP contribution in [0.3, 0.4) is 0 Å². The monoisotopic (exact) mass is 430 g/mol. The van der Waals surface area contributed by atoms with Gasteiger partial charge in [0, 0.05) is 20.1 Å². The summed E-state index contributed by atoms with van der Waals surface area (Å²) in [5, 5.41) is 6.96. The van der Waals surface area contributed by atoms with Crippen LogP contribution in [0.1, 0.15) is 38.3 Å². The minimum absolute atomic E-state index is 0. The first-order valence-corrected chi connectivity index (χ1v) is 8.47. The lowest BCUT2D eigenvalue weighted by Gasteiger charge is -2.20. The van der Waals surface area contributed by atoms with Gasteiger partial charge < -0.3 is 15.5 Å². The summed E-state index contributed by atoms with van der Waals surface area (Å²) in [4.78, 5) is 6.92. The highest BCUT2D eigenvalue weighted by atomic mass is 127.